The van der Waals surface area contributed by atoms with E-state index in [9.17, 15) is 4.79 Å². The Morgan fingerprint density at radius 3 is 3.07 bits per heavy atom. The van der Waals surface area contributed by atoms with Gasteiger partial charge in [-0.1, -0.05) is 23.9 Å². The maximum atomic E-state index is 12.3. The van der Waals surface area contributed by atoms with Crippen LogP contribution in [0.5, 0.6) is 5.75 Å². The minimum absolute atomic E-state index is 0.119. The van der Waals surface area contributed by atoms with Crippen molar-refractivity contribution in [1.29, 1.82) is 0 Å². The molecule has 0 spiro atoms. The van der Waals surface area contributed by atoms with E-state index >= 15 is 0 Å². The smallest absolute Gasteiger partial charge is 0.234 e. The molecule has 1 aliphatic rings. The Bertz CT molecular complexity index is 906. The van der Waals surface area contributed by atoms with E-state index in [2.05, 4.69) is 20.5 Å². The highest BCUT2D eigenvalue weighted by molar-refractivity contribution is 7.99. The third-order valence-electron chi connectivity index (χ3n) is 4.16. The maximum absolute atomic E-state index is 12.3. The van der Waals surface area contributed by atoms with Crippen LogP contribution in [0.15, 0.2) is 52.2 Å². The van der Waals surface area contributed by atoms with E-state index in [1.54, 1.807) is 18.4 Å². The van der Waals surface area contributed by atoms with Crippen molar-refractivity contribution in [2.45, 2.75) is 24.1 Å². The number of hydrogen-bond donors (Lipinski definition) is 2. The Hall–Kier alpha value is -2.78. The van der Waals surface area contributed by atoms with Gasteiger partial charge in [0.2, 0.25) is 11.1 Å². The summed E-state index contributed by atoms with van der Waals surface area (Å²) in [5, 5.41) is 10.2. The van der Waals surface area contributed by atoms with Crippen molar-refractivity contribution in [2.75, 3.05) is 24.3 Å². The quantitative estimate of drug-likeness (QED) is 0.559. The molecule has 2 aromatic heterocycles. The molecule has 8 nitrogen and oxygen atoms in total. The van der Waals surface area contributed by atoms with Crippen LogP contribution in [0.2, 0.25) is 0 Å². The number of carbonyl (C=O) groups excluding carboxylic acids is 1. The lowest BCUT2D eigenvalue weighted by Gasteiger charge is -2.15. The van der Waals surface area contributed by atoms with Crippen LogP contribution >= 0.6 is 11.8 Å². The van der Waals surface area contributed by atoms with E-state index in [4.69, 9.17) is 13.9 Å². The second-order valence-corrected chi connectivity index (χ2v) is 7.17. The number of aromatic amines is 1. The summed E-state index contributed by atoms with van der Waals surface area (Å²) in [5.41, 5.74) is 0.636. The van der Waals surface area contributed by atoms with Gasteiger partial charge in [0.25, 0.3) is 0 Å². The maximum Gasteiger partial charge on any atom is 0.234 e. The molecule has 3 aromatic rings. The molecule has 146 valence electrons. The first-order chi connectivity index (χ1) is 13.8. The van der Waals surface area contributed by atoms with Crippen molar-refractivity contribution in [1.82, 2.24) is 15.2 Å². The largest absolute Gasteiger partial charge is 0.489 e. The number of benzene rings is 1. The number of ether oxygens (including phenoxy) is 2. The van der Waals surface area contributed by atoms with Crippen LogP contribution in [0.4, 0.5) is 5.69 Å². The van der Waals surface area contributed by atoms with Crippen molar-refractivity contribution < 1.29 is 18.7 Å². The van der Waals surface area contributed by atoms with Crippen LogP contribution < -0.4 is 10.1 Å². The Kier molecular flexibility index (Phi) is 5.93. The molecule has 1 unspecified atom stereocenters. The fourth-order valence-electron chi connectivity index (χ4n) is 2.81. The van der Waals surface area contributed by atoms with Gasteiger partial charge in [0.1, 0.15) is 12.4 Å². The molecule has 1 aromatic carbocycles. The van der Waals surface area contributed by atoms with Crippen molar-refractivity contribution in [3.63, 3.8) is 0 Å². The zero-order chi connectivity index (χ0) is 19.2. The fourth-order valence-corrected chi connectivity index (χ4v) is 3.40. The monoisotopic (exact) mass is 400 g/mol. The summed E-state index contributed by atoms with van der Waals surface area (Å²) in [6.07, 6.45) is 3.75. The number of amides is 1. The van der Waals surface area contributed by atoms with Crippen LogP contribution in [0.1, 0.15) is 12.8 Å². The number of rotatable bonds is 8. The number of hydrogen-bond acceptors (Lipinski definition) is 7. The second kappa shape index (κ2) is 8.94. The van der Waals surface area contributed by atoms with Gasteiger partial charge in [0.15, 0.2) is 11.6 Å². The standard InChI is InChI=1S/C19H20N4O4S/c24-17(12-28-19-21-18(22-23-19)16-8-4-10-26-16)20-14-6-1-2-7-15(14)27-11-13-5-3-9-25-13/h1-2,4,6-8,10,13H,3,5,9,11-12H2,(H,20,24)(H,21,22,23). The van der Waals surface area contributed by atoms with Crippen molar-refractivity contribution in [3.8, 4) is 17.3 Å². The lowest BCUT2D eigenvalue weighted by atomic mass is 10.2. The molecule has 1 saturated heterocycles. The van der Waals surface area contributed by atoms with E-state index in [-0.39, 0.29) is 17.8 Å². The SMILES string of the molecule is O=C(CSc1n[nH]c(-c2ccco2)n1)Nc1ccccc1OCC1CCCO1. The molecule has 2 N–H and O–H groups in total. The van der Waals surface area contributed by atoms with Crippen molar-refractivity contribution in [3.05, 3.63) is 42.7 Å². The minimum atomic E-state index is -0.164. The average Bonchev–Trinajstić information content (AvgIpc) is 3.48. The van der Waals surface area contributed by atoms with Crippen LogP contribution in [-0.2, 0) is 9.53 Å². The lowest BCUT2D eigenvalue weighted by Crippen LogP contribution is -2.18. The zero-order valence-electron chi connectivity index (χ0n) is 15.1. The number of para-hydroxylation sites is 2. The predicted octanol–water partition coefficient (Wildman–Crippen LogP) is 3.35. The Morgan fingerprint density at radius 2 is 2.25 bits per heavy atom. The van der Waals surface area contributed by atoms with Crippen LogP contribution in [-0.4, -0.2) is 46.2 Å². The van der Waals surface area contributed by atoms with E-state index in [1.165, 1.54) is 11.8 Å². The number of aromatic nitrogens is 3. The van der Waals surface area contributed by atoms with Gasteiger partial charge in [-0.05, 0) is 37.1 Å². The number of H-pyrrole nitrogens is 1. The molecule has 0 saturated carbocycles. The van der Waals surface area contributed by atoms with Gasteiger partial charge in [-0.25, -0.2) is 0 Å². The van der Waals surface area contributed by atoms with Crippen molar-refractivity contribution >= 4 is 23.4 Å². The molecule has 0 aliphatic carbocycles. The third-order valence-corrected chi connectivity index (χ3v) is 5.01. The molecule has 0 radical (unpaired) electrons. The summed E-state index contributed by atoms with van der Waals surface area (Å²) < 4.78 is 16.7. The Morgan fingerprint density at radius 1 is 1.32 bits per heavy atom. The number of furan rings is 1. The summed E-state index contributed by atoms with van der Waals surface area (Å²) >= 11 is 1.24. The normalized spacial score (nSPS) is 16.2. The van der Waals surface area contributed by atoms with Crippen LogP contribution in [0.25, 0.3) is 11.6 Å². The first kappa shape index (κ1) is 18.6. The molecule has 1 amide bonds. The summed E-state index contributed by atoms with van der Waals surface area (Å²) in [7, 11) is 0. The van der Waals surface area contributed by atoms with Crippen LogP contribution in [0.3, 0.4) is 0 Å². The van der Waals surface area contributed by atoms with Crippen LogP contribution in [0, 0.1) is 0 Å². The summed E-state index contributed by atoms with van der Waals surface area (Å²) in [4.78, 5) is 16.6. The highest BCUT2D eigenvalue weighted by Gasteiger charge is 2.17. The molecular formula is C19H20N4O4S. The van der Waals surface area contributed by atoms with E-state index in [0.29, 0.717) is 34.8 Å². The average molecular weight is 400 g/mol. The molecule has 3 heterocycles. The van der Waals surface area contributed by atoms with Gasteiger partial charge >= 0.3 is 0 Å². The van der Waals surface area contributed by atoms with Gasteiger partial charge in [-0.2, -0.15) is 4.98 Å². The summed E-state index contributed by atoms with van der Waals surface area (Å²) in [5.74, 6) is 1.77. The van der Waals surface area contributed by atoms with Crippen molar-refractivity contribution in [2.24, 2.45) is 0 Å². The van der Waals surface area contributed by atoms with Gasteiger partial charge in [0.05, 0.1) is 23.8 Å². The van der Waals surface area contributed by atoms with E-state index < -0.39 is 0 Å². The van der Waals surface area contributed by atoms with Gasteiger partial charge in [-0.3, -0.25) is 9.89 Å². The predicted molar refractivity (Wildman–Crippen MR) is 104 cm³/mol. The number of anilines is 1. The van der Waals surface area contributed by atoms with Gasteiger partial charge < -0.3 is 19.2 Å². The number of nitrogens with zero attached hydrogens (tertiary/aromatic N) is 2. The lowest BCUT2D eigenvalue weighted by molar-refractivity contribution is -0.113. The molecule has 1 fully saturated rings. The van der Waals surface area contributed by atoms with Gasteiger partial charge in [-0.15, -0.1) is 5.10 Å². The molecule has 28 heavy (non-hydrogen) atoms. The zero-order valence-corrected chi connectivity index (χ0v) is 15.9. The van der Waals surface area contributed by atoms with E-state index in [0.717, 1.165) is 19.4 Å². The highest BCUT2D eigenvalue weighted by atomic mass is 32.2. The first-order valence-corrected chi connectivity index (χ1v) is 9.99. The second-order valence-electron chi connectivity index (χ2n) is 6.22. The molecule has 1 atom stereocenters. The third kappa shape index (κ3) is 4.73. The fraction of sp³-hybridized carbons (Fsp3) is 0.316. The highest BCUT2D eigenvalue weighted by Crippen LogP contribution is 2.26. The Balaban J connectivity index is 1.30. The Labute approximate surface area is 166 Å². The number of nitrogens with one attached hydrogen (secondary N) is 2. The van der Waals surface area contributed by atoms with E-state index in [1.807, 2.05) is 24.3 Å². The molecule has 1 aliphatic heterocycles. The topological polar surface area (TPSA) is 102 Å². The molecule has 4 rings (SSSR count). The molecule has 9 heteroatoms. The molecular weight excluding hydrogens is 380 g/mol. The minimum Gasteiger partial charge on any atom is -0.489 e. The number of thioether (sulfide) groups is 1. The molecule has 0 bridgehead atoms. The van der Waals surface area contributed by atoms with Gasteiger partial charge in [0, 0.05) is 6.61 Å². The summed E-state index contributed by atoms with van der Waals surface area (Å²) in [6.45, 7) is 1.26. The number of carbonyl (C=O) groups is 1. The first-order valence-electron chi connectivity index (χ1n) is 9.00. The summed E-state index contributed by atoms with van der Waals surface area (Å²) in [6, 6.07) is 10.9.